The molecular formula is C12H11F3N2O2. The normalized spacial score (nSPS) is 12.6. The Labute approximate surface area is 107 Å². The molecule has 19 heavy (non-hydrogen) atoms. The Morgan fingerprint density at radius 1 is 1.42 bits per heavy atom. The van der Waals surface area contributed by atoms with Gasteiger partial charge in [-0.1, -0.05) is 0 Å². The number of benzene rings is 1. The van der Waals surface area contributed by atoms with Crippen LogP contribution in [0, 0.1) is 11.3 Å². The molecule has 1 aromatic rings. The first-order valence-electron chi connectivity index (χ1n) is 5.31. The van der Waals surface area contributed by atoms with Crippen LogP contribution in [0.2, 0.25) is 0 Å². The van der Waals surface area contributed by atoms with E-state index < -0.39 is 24.8 Å². The number of ether oxygens (including phenoxy) is 1. The predicted molar refractivity (Wildman–Crippen MR) is 61.3 cm³/mol. The molecule has 1 N–H and O–H groups in total. The lowest BCUT2D eigenvalue weighted by atomic mass is 10.2. The molecule has 0 aliphatic carbocycles. The van der Waals surface area contributed by atoms with Gasteiger partial charge in [-0.2, -0.15) is 18.4 Å². The quantitative estimate of drug-likeness (QED) is 0.915. The number of carbonyl (C=O) groups is 1. The maximum atomic E-state index is 12.1. The van der Waals surface area contributed by atoms with Crippen molar-refractivity contribution in [1.82, 2.24) is 0 Å². The SMILES string of the molecule is CC(OCC(=O)Nc1ccc(C#N)cc1)C(F)(F)F. The van der Waals surface area contributed by atoms with Gasteiger partial charge in [0, 0.05) is 5.69 Å². The highest BCUT2D eigenvalue weighted by Crippen LogP contribution is 2.22. The van der Waals surface area contributed by atoms with Gasteiger partial charge in [-0.15, -0.1) is 0 Å². The largest absolute Gasteiger partial charge is 0.414 e. The van der Waals surface area contributed by atoms with Crippen LogP contribution in [0.5, 0.6) is 0 Å². The minimum atomic E-state index is -4.49. The second-order valence-corrected chi connectivity index (χ2v) is 3.73. The average Bonchev–Trinajstić information content (AvgIpc) is 2.35. The van der Waals surface area contributed by atoms with Crippen LogP contribution in [0.25, 0.3) is 0 Å². The Hall–Kier alpha value is -2.07. The number of rotatable bonds is 4. The molecule has 0 aromatic heterocycles. The second kappa shape index (κ2) is 6.20. The molecule has 1 amide bonds. The molecule has 1 atom stereocenters. The molecule has 0 heterocycles. The summed E-state index contributed by atoms with van der Waals surface area (Å²) in [5, 5.41) is 10.9. The highest BCUT2D eigenvalue weighted by atomic mass is 19.4. The first kappa shape index (κ1) is 15.0. The average molecular weight is 272 g/mol. The van der Waals surface area contributed by atoms with E-state index >= 15 is 0 Å². The van der Waals surface area contributed by atoms with E-state index in [0.29, 0.717) is 11.3 Å². The van der Waals surface area contributed by atoms with Gasteiger partial charge >= 0.3 is 6.18 Å². The standard InChI is InChI=1S/C12H11F3N2O2/c1-8(12(13,14)15)19-7-11(18)17-10-4-2-9(6-16)3-5-10/h2-5,8H,7H2,1H3,(H,17,18). The molecule has 4 nitrogen and oxygen atoms in total. The van der Waals surface area contributed by atoms with Crippen LogP contribution in [0.3, 0.4) is 0 Å². The number of alkyl halides is 3. The van der Waals surface area contributed by atoms with Gasteiger partial charge in [0.2, 0.25) is 5.91 Å². The highest BCUT2D eigenvalue weighted by molar-refractivity contribution is 5.91. The zero-order valence-electron chi connectivity index (χ0n) is 9.99. The monoisotopic (exact) mass is 272 g/mol. The van der Waals surface area contributed by atoms with E-state index in [-0.39, 0.29) is 0 Å². The van der Waals surface area contributed by atoms with Gasteiger partial charge < -0.3 is 10.1 Å². The van der Waals surface area contributed by atoms with Crippen LogP contribution in [0.1, 0.15) is 12.5 Å². The molecule has 0 bridgehead atoms. The fraction of sp³-hybridized carbons (Fsp3) is 0.333. The Balaban J connectivity index is 2.45. The minimum absolute atomic E-state index is 0.382. The summed E-state index contributed by atoms with van der Waals surface area (Å²) >= 11 is 0. The highest BCUT2D eigenvalue weighted by Gasteiger charge is 2.37. The lowest BCUT2D eigenvalue weighted by Gasteiger charge is -2.15. The van der Waals surface area contributed by atoms with Gasteiger partial charge in [-0.25, -0.2) is 0 Å². The molecule has 1 rings (SSSR count). The van der Waals surface area contributed by atoms with E-state index in [1.807, 2.05) is 6.07 Å². The number of nitrogens with one attached hydrogen (secondary N) is 1. The topological polar surface area (TPSA) is 62.1 Å². The molecule has 0 saturated carbocycles. The van der Waals surface area contributed by atoms with Crippen molar-refractivity contribution < 1.29 is 22.7 Å². The number of carbonyl (C=O) groups excluding carboxylic acids is 1. The smallest absolute Gasteiger partial charge is 0.359 e. The second-order valence-electron chi connectivity index (χ2n) is 3.73. The molecule has 0 fully saturated rings. The first-order valence-corrected chi connectivity index (χ1v) is 5.31. The summed E-state index contributed by atoms with van der Waals surface area (Å²) < 4.78 is 40.8. The predicted octanol–water partition coefficient (Wildman–Crippen LogP) is 2.46. The van der Waals surface area contributed by atoms with Crippen molar-refractivity contribution in [3.05, 3.63) is 29.8 Å². The summed E-state index contributed by atoms with van der Waals surface area (Å²) in [4.78, 5) is 11.3. The Morgan fingerprint density at radius 2 is 2.00 bits per heavy atom. The number of amides is 1. The molecular weight excluding hydrogens is 261 g/mol. The summed E-state index contributed by atoms with van der Waals surface area (Å²) in [7, 11) is 0. The fourth-order valence-electron chi connectivity index (χ4n) is 1.12. The number of hydrogen-bond acceptors (Lipinski definition) is 3. The van der Waals surface area contributed by atoms with Crippen molar-refractivity contribution in [2.45, 2.75) is 19.2 Å². The van der Waals surface area contributed by atoms with Crippen molar-refractivity contribution in [3.8, 4) is 6.07 Å². The first-order chi connectivity index (χ1) is 8.82. The number of nitriles is 1. The molecule has 0 aliphatic rings. The van der Waals surface area contributed by atoms with Crippen molar-refractivity contribution in [2.24, 2.45) is 0 Å². The van der Waals surface area contributed by atoms with E-state index in [1.54, 1.807) is 0 Å². The minimum Gasteiger partial charge on any atom is -0.359 e. The lowest BCUT2D eigenvalue weighted by Crippen LogP contribution is -2.32. The van der Waals surface area contributed by atoms with Gasteiger partial charge in [-0.3, -0.25) is 4.79 Å². The lowest BCUT2D eigenvalue weighted by molar-refractivity contribution is -0.213. The third-order valence-corrected chi connectivity index (χ3v) is 2.22. The van der Waals surface area contributed by atoms with Crippen LogP contribution in [0.4, 0.5) is 18.9 Å². The van der Waals surface area contributed by atoms with E-state index in [1.165, 1.54) is 24.3 Å². The van der Waals surface area contributed by atoms with Gasteiger partial charge in [0.25, 0.3) is 0 Å². The molecule has 1 aromatic carbocycles. The van der Waals surface area contributed by atoms with Gasteiger partial charge in [0.1, 0.15) is 6.61 Å². The molecule has 0 saturated heterocycles. The van der Waals surface area contributed by atoms with Crippen LogP contribution >= 0.6 is 0 Å². The molecule has 0 spiro atoms. The van der Waals surface area contributed by atoms with Crippen LogP contribution < -0.4 is 5.32 Å². The molecule has 7 heteroatoms. The van der Waals surface area contributed by atoms with Crippen molar-refractivity contribution in [3.63, 3.8) is 0 Å². The van der Waals surface area contributed by atoms with E-state index in [2.05, 4.69) is 10.1 Å². The summed E-state index contributed by atoms with van der Waals surface area (Å²) in [6, 6.07) is 7.82. The van der Waals surface area contributed by atoms with Gasteiger partial charge in [-0.05, 0) is 31.2 Å². The maximum Gasteiger partial charge on any atom is 0.414 e. The summed E-state index contributed by atoms with van der Waals surface area (Å²) in [5.74, 6) is -0.694. The summed E-state index contributed by atoms with van der Waals surface area (Å²) in [6.45, 7) is 0.135. The maximum absolute atomic E-state index is 12.1. The number of hydrogen-bond donors (Lipinski definition) is 1. The molecule has 1 unspecified atom stereocenters. The van der Waals surface area contributed by atoms with E-state index in [4.69, 9.17) is 5.26 Å². The van der Waals surface area contributed by atoms with E-state index in [0.717, 1.165) is 6.92 Å². The Morgan fingerprint density at radius 3 is 2.47 bits per heavy atom. The Kier molecular flexibility index (Phi) is 4.89. The van der Waals surface area contributed by atoms with Crippen LogP contribution in [0.15, 0.2) is 24.3 Å². The fourth-order valence-corrected chi connectivity index (χ4v) is 1.12. The molecule has 0 aliphatic heterocycles. The van der Waals surface area contributed by atoms with E-state index in [9.17, 15) is 18.0 Å². The molecule has 0 radical (unpaired) electrons. The van der Waals surface area contributed by atoms with Crippen molar-refractivity contribution >= 4 is 11.6 Å². The summed E-state index contributed by atoms with van der Waals surface area (Å²) in [5.41, 5.74) is 0.798. The van der Waals surface area contributed by atoms with Crippen LogP contribution in [-0.2, 0) is 9.53 Å². The number of halogens is 3. The molecule has 102 valence electrons. The third-order valence-electron chi connectivity index (χ3n) is 2.22. The zero-order chi connectivity index (χ0) is 14.5. The van der Waals surface area contributed by atoms with Gasteiger partial charge in [0.05, 0.1) is 11.6 Å². The third kappa shape index (κ3) is 4.97. The van der Waals surface area contributed by atoms with Gasteiger partial charge in [0.15, 0.2) is 6.10 Å². The van der Waals surface area contributed by atoms with Crippen molar-refractivity contribution in [1.29, 1.82) is 5.26 Å². The van der Waals surface area contributed by atoms with Crippen LogP contribution in [-0.4, -0.2) is 24.8 Å². The van der Waals surface area contributed by atoms with Crippen molar-refractivity contribution in [2.75, 3.05) is 11.9 Å². The zero-order valence-corrected chi connectivity index (χ0v) is 9.99. The number of nitrogens with zero attached hydrogens (tertiary/aromatic N) is 1. The number of anilines is 1. The summed E-state index contributed by atoms with van der Waals surface area (Å²) in [6.07, 6.45) is -6.49. The Bertz CT molecular complexity index is 477.